The number of methoxy groups -OCH3 is 1. The number of hydrogen-bond acceptors (Lipinski definition) is 6. The molecule has 0 unspecified atom stereocenters. The molecule has 0 radical (unpaired) electrons. The van der Waals surface area contributed by atoms with Crippen LogP contribution in [-0.4, -0.2) is 28.4 Å². The summed E-state index contributed by atoms with van der Waals surface area (Å²) in [4.78, 5) is 11.3. The number of thiophene rings is 1. The lowest BCUT2D eigenvalue weighted by molar-refractivity contribution is 0.0687. The fourth-order valence-corrected chi connectivity index (χ4v) is 3.63. The van der Waals surface area contributed by atoms with Crippen molar-refractivity contribution in [1.29, 1.82) is 5.26 Å². The number of nitriles is 1. The minimum absolute atomic E-state index is 0.00735. The molecule has 0 saturated carbocycles. The van der Waals surface area contributed by atoms with E-state index in [9.17, 15) is 15.2 Å². The maximum atomic E-state index is 11.3. The van der Waals surface area contributed by atoms with Gasteiger partial charge in [-0.3, -0.25) is 5.10 Å². The largest absolute Gasteiger partial charge is 0.495 e. The molecule has 0 aliphatic carbocycles. The van der Waals surface area contributed by atoms with E-state index in [0.29, 0.717) is 39.4 Å². The third kappa shape index (κ3) is 2.17. The minimum atomic E-state index is -1.10. The highest BCUT2D eigenvalue weighted by molar-refractivity contribution is 7.08. The number of aromatic carboxylic acids is 1. The van der Waals surface area contributed by atoms with Crippen molar-refractivity contribution < 1.29 is 19.4 Å². The van der Waals surface area contributed by atoms with Crippen LogP contribution in [-0.2, 0) is 6.61 Å². The van der Waals surface area contributed by atoms with E-state index in [1.807, 2.05) is 16.8 Å². The summed E-state index contributed by atoms with van der Waals surface area (Å²) in [7, 11) is 1.50. The van der Waals surface area contributed by atoms with E-state index in [0.717, 1.165) is 5.56 Å². The maximum Gasteiger partial charge on any atom is 0.354 e. The van der Waals surface area contributed by atoms with Crippen molar-refractivity contribution in [3.8, 4) is 40.0 Å². The molecule has 3 heterocycles. The molecule has 8 heteroatoms. The zero-order chi connectivity index (χ0) is 17.6. The fourth-order valence-electron chi connectivity index (χ4n) is 2.99. The summed E-state index contributed by atoms with van der Waals surface area (Å²) < 4.78 is 11.4. The van der Waals surface area contributed by atoms with E-state index in [4.69, 9.17) is 9.47 Å². The Kier molecular flexibility index (Phi) is 3.44. The van der Waals surface area contributed by atoms with E-state index in [1.165, 1.54) is 18.4 Å². The van der Waals surface area contributed by atoms with E-state index in [2.05, 4.69) is 16.3 Å². The molecule has 1 aromatic carbocycles. The summed E-state index contributed by atoms with van der Waals surface area (Å²) in [5.74, 6) is -0.143. The van der Waals surface area contributed by atoms with Crippen molar-refractivity contribution >= 4 is 17.3 Å². The lowest BCUT2D eigenvalue weighted by Crippen LogP contribution is -2.10. The van der Waals surface area contributed by atoms with Crippen LogP contribution in [0.4, 0.5) is 0 Å². The Balaban J connectivity index is 2.05. The van der Waals surface area contributed by atoms with Gasteiger partial charge in [0.15, 0.2) is 5.69 Å². The normalized spacial score (nSPS) is 11.8. The molecule has 25 heavy (non-hydrogen) atoms. The lowest BCUT2D eigenvalue weighted by atomic mass is 9.93. The Morgan fingerprint density at radius 2 is 2.40 bits per heavy atom. The van der Waals surface area contributed by atoms with E-state index in [-0.39, 0.29) is 12.3 Å². The van der Waals surface area contributed by atoms with Crippen LogP contribution in [0.3, 0.4) is 0 Å². The van der Waals surface area contributed by atoms with Crippen LogP contribution in [0.15, 0.2) is 22.9 Å². The van der Waals surface area contributed by atoms with Gasteiger partial charge in [-0.1, -0.05) is 0 Å². The Labute approximate surface area is 146 Å². The average Bonchev–Trinajstić information content (AvgIpc) is 3.29. The number of hydrogen-bond donors (Lipinski definition) is 2. The molecule has 124 valence electrons. The number of aromatic nitrogens is 2. The molecule has 0 bridgehead atoms. The predicted octanol–water partition coefficient (Wildman–Crippen LogP) is 3.28. The monoisotopic (exact) mass is 353 g/mol. The highest BCUT2D eigenvalue weighted by atomic mass is 32.1. The third-order valence-corrected chi connectivity index (χ3v) is 4.75. The summed E-state index contributed by atoms with van der Waals surface area (Å²) in [5, 5.41) is 29.3. The first kappa shape index (κ1) is 15.2. The molecule has 3 aromatic rings. The quantitative estimate of drug-likeness (QED) is 0.748. The highest BCUT2D eigenvalue weighted by Crippen LogP contribution is 2.50. The maximum absolute atomic E-state index is 11.3. The number of aromatic amines is 1. The molecule has 0 spiro atoms. The first-order valence-electron chi connectivity index (χ1n) is 7.27. The van der Waals surface area contributed by atoms with Gasteiger partial charge < -0.3 is 14.6 Å². The van der Waals surface area contributed by atoms with Gasteiger partial charge in [-0.2, -0.15) is 21.7 Å². The smallest absolute Gasteiger partial charge is 0.354 e. The number of nitrogens with zero attached hydrogens (tertiary/aromatic N) is 2. The number of carbonyl (C=O) groups is 1. The summed E-state index contributed by atoms with van der Waals surface area (Å²) in [6, 6.07) is 5.66. The third-order valence-electron chi connectivity index (χ3n) is 4.06. The van der Waals surface area contributed by atoms with Crippen LogP contribution >= 0.6 is 11.3 Å². The van der Waals surface area contributed by atoms with Gasteiger partial charge in [-0.05, 0) is 28.5 Å². The molecule has 4 rings (SSSR count). The van der Waals surface area contributed by atoms with Gasteiger partial charge in [-0.15, -0.1) is 0 Å². The standard InChI is InChI=1S/C17H11N3O4S/c1-23-15-9(5-18)4-10-13-11(14(17(21)22)20-19-13)6-24-16(10)12(15)8-2-3-25-7-8/h2-4,7H,6H2,1H3,(H,19,20)(H,21,22). The number of H-pyrrole nitrogens is 1. The fraction of sp³-hybridized carbons (Fsp3) is 0.118. The number of carboxylic acid groups (broad SMARTS) is 1. The molecule has 0 fully saturated rings. The lowest BCUT2D eigenvalue weighted by Gasteiger charge is -2.22. The van der Waals surface area contributed by atoms with Gasteiger partial charge in [0.1, 0.15) is 29.9 Å². The molecule has 1 aliphatic heterocycles. The minimum Gasteiger partial charge on any atom is -0.495 e. The number of benzene rings is 1. The van der Waals surface area contributed by atoms with Gasteiger partial charge >= 0.3 is 5.97 Å². The Hall–Kier alpha value is -3.31. The first-order valence-corrected chi connectivity index (χ1v) is 8.21. The highest BCUT2D eigenvalue weighted by Gasteiger charge is 2.31. The predicted molar refractivity (Wildman–Crippen MR) is 89.9 cm³/mol. The summed E-state index contributed by atoms with van der Waals surface area (Å²) in [5.41, 5.74) is 3.38. The van der Waals surface area contributed by atoms with Crippen molar-refractivity contribution in [2.24, 2.45) is 0 Å². The first-order chi connectivity index (χ1) is 12.2. The summed E-state index contributed by atoms with van der Waals surface area (Å²) >= 11 is 1.52. The van der Waals surface area contributed by atoms with Gasteiger partial charge in [0.05, 0.1) is 23.8 Å². The molecule has 1 aliphatic rings. The van der Waals surface area contributed by atoms with Crippen LogP contribution in [0, 0.1) is 11.3 Å². The van der Waals surface area contributed by atoms with Crippen LogP contribution < -0.4 is 9.47 Å². The molecule has 7 nitrogen and oxygen atoms in total. The molecular formula is C17H11N3O4S. The second kappa shape index (κ2) is 5.65. The SMILES string of the molecule is COc1c(C#N)cc2c(c1-c1ccsc1)OCc1c-2n[nH]c1C(=O)O. The summed E-state index contributed by atoms with van der Waals surface area (Å²) in [6.07, 6.45) is 0. The van der Waals surface area contributed by atoms with Crippen LogP contribution in [0.2, 0.25) is 0 Å². The van der Waals surface area contributed by atoms with Crippen molar-refractivity contribution in [1.82, 2.24) is 10.2 Å². The molecular weight excluding hydrogens is 342 g/mol. The number of fused-ring (bicyclic) bond motifs is 3. The molecule has 2 N–H and O–H groups in total. The van der Waals surface area contributed by atoms with Gasteiger partial charge in [0, 0.05) is 5.56 Å². The zero-order valence-corrected chi connectivity index (χ0v) is 13.8. The Bertz CT molecular complexity index is 1030. The molecule has 0 amide bonds. The van der Waals surface area contributed by atoms with Crippen LogP contribution in [0.1, 0.15) is 21.6 Å². The Morgan fingerprint density at radius 1 is 1.56 bits per heavy atom. The topological polar surface area (TPSA) is 108 Å². The second-order valence-corrected chi connectivity index (χ2v) is 6.13. The molecule has 2 aromatic heterocycles. The van der Waals surface area contributed by atoms with E-state index in [1.54, 1.807) is 6.07 Å². The van der Waals surface area contributed by atoms with Crippen molar-refractivity contribution in [3.63, 3.8) is 0 Å². The second-order valence-electron chi connectivity index (χ2n) is 5.35. The van der Waals surface area contributed by atoms with Crippen LogP contribution in [0.25, 0.3) is 22.4 Å². The van der Waals surface area contributed by atoms with Gasteiger partial charge in [-0.25, -0.2) is 4.79 Å². The van der Waals surface area contributed by atoms with Crippen molar-refractivity contribution in [2.75, 3.05) is 7.11 Å². The van der Waals surface area contributed by atoms with E-state index >= 15 is 0 Å². The van der Waals surface area contributed by atoms with Crippen molar-refractivity contribution in [3.05, 3.63) is 39.7 Å². The summed E-state index contributed by atoms with van der Waals surface area (Å²) in [6.45, 7) is 0.0760. The number of carboxylic acids is 1. The van der Waals surface area contributed by atoms with Gasteiger partial charge in [0.25, 0.3) is 0 Å². The molecule has 0 saturated heterocycles. The van der Waals surface area contributed by atoms with Gasteiger partial charge in [0.2, 0.25) is 0 Å². The number of rotatable bonds is 3. The zero-order valence-electron chi connectivity index (χ0n) is 13.0. The average molecular weight is 353 g/mol. The molecule has 0 atom stereocenters. The Morgan fingerprint density at radius 3 is 3.04 bits per heavy atom. The van der Waals surface area contributed by atoms with Crippen molar-refractivity contribution in [2.45, 2.75) is 6.61 Å². The van der Waals surface area contributed by atoms with E-state index < -0.39 is 5.97 Å². The number of nitrogens with one attached hydrogen (secondary N) is 1. The number of ether oxygens (including phenoxy) is 2. The van der Waals surface area contributed by atoms with Crippen LogP contribution in [0.5, 0.6) is 11.5 Å².